The number of amides is 1. The molecule has 0 radical (unpaired) electrons. The Hall–Kier alpha value is -10.3. The van der Waals surface area contributed by atoms with Gasteiger partial charge < -0.3 is 40.2 Å². The molecule has 3 fully saturated rings. The van der Waals surface area contributed by atoms with Crippen LogP contribution in [0, 0.1) is 0 Å². The van der Waals surface area contributed by atoms with Crippen molar-refractivity contribution in [2.45, 2.75) is 56.7 Å². The normalized spacial score (nSPS) is 16.6. The number of methoxy groups -OCH3 is 2. The zero-order chi connectivity index (χ0) is 64.0. The molecule has 3 aliphatic heterocycles. The molecule has 0 bridgehead atoms. The first kappa shape index (κ1) is 61.9. The number of rotatable bonds is 11. The maximum atomic E-state index is 12.4. The number of H-pyrrole nitrogens is 4. The number of carboxylic acid groups (broad SMARTS) is 1. The number of primary amides is 1. The van der Waals surface area contributed by atoms with E-state index in [4.69, 9.17) is 15.2 Å². The molecule has 0 spiro atoms. The molecule has 466 valence electrons. The zero-order valence-corrected chi connectivity index (χ0v) is 52.5. The molecule has 3 unspecified atom stereocenters. The van der Waals surface area contributed by atoms with Crippen LogP contribution in [-0.4, -0.2) is 119 Å². The average molecular weight is 1230 g/mol. The number of nitrogens with two attached hydrogens (primary N) is 1. The molecule has 92 heavy (non-hydrogen) atoms. The summed E-state index contributed by atoms with van der Waals surface area (Å²) in [5.74, 6) is -1.93. The smallest absolute Gasteiger partial charge is 0.340 e. The predicted octanol–water partition coefficient (Wildman–Crippen LogP) is 16.0. The number of likely N-dealkylation sites (tertiary alicyclic amines) is 3. The fraction of sp³-hybridized carbons (Fsp3) is 0.221. The number of nitrogens with zero attached hydrogens (tertiary/aromatic N) is 3. The summed E-state index contributed by atoms with van der Waals surface area (Å²) in [5, 5.41) is 13.9. The number of aromatic amines is 4. The third-order valence-electron chi connectivity index (χ3n) is 18.5. The number of ether oxygens (including phenoxy) is 2. The summed E-state index contributed by atoms with van der Waals surface area (Å²) in [7, 11) is 9.28. The number of fused-ring (bicyclic) bond motifs is 4. The van der Waals surface area contributed by atoms with Crippen molar-refractivity contribution in [2.75, 3.05) is 55.0 Å². The van der Waals surface area contributed by atoms with Crippen LogP contribution in [0.1, 0.15) is 115 Å². The van der Waals surface area contributed by atoms with Gasteiger partial charge in [0, 0.05) is 64.5 Å². The molecule has 7 heterocycles. The van der Waals surface area contributed by atoms with Gasteiger partial charge in [0.2, 0.25) is 0 Å². The predicted molar refractivity (Wildman–Crippen MR) is 367 cm³/mol. The lowest BCUT2D eigenvalue weighted by Gasteiger charge is -2.19. The van der Waals surface area contributed by atoms with Gasteiger partial charge in [-0.25, -0.2) is 14.4 Å². The molecule has 3 saturated heterocycles. The van der Waals surface area contributed by atoms with E-state index in [1.165, 1.54) is 50.2 Å². The number of aromatic carboxylic acids is 1. The lowest BCUT2D eigenvalue weighted by molar-refractivity contribution is 0.0594. The molecule has 3 atom stereocenters. The standard InChI is InChI=1S/C21H22N2O2.C20H21N3O.C20H20N2O2.C16H13NO2/c1-23-10-6-9-19(23)18-13-22-20-16(18)11-15(12-17(20)21(24)25-2)14-7-4-3-5-8-14;1-23-9-5-8-18(23)17-12-22-19-15(17)10-14(11-16(19)20(21)24)13-6-3-2-4-7-13;1-22-9-5-8-18(22)17-12-21-19-15(17)10-14(11-16(19)20(23)24)13-6-3-2-4-7-13;1-19-16(18)14-10-13(11-5-3-2-4-6-11)9-12-7-8-17-15(12)14/h3-5,7-8,11-13,19,22H,6,9-10H2,1-2H3;2-4,6-7,10-12,18,22H,5,8-9H2,1H3,(H2,21,24);2-4,6-7,10-12,18,21H,5,8-9H2,1H3,(H,23,24);2-10,17H,1H3. The molecule has 15 rings (SSSR count). The van der Waals surface area contributed by atoms with Gasteiger partial charge >= 0.3 is 17.9 Å². The second kappa shape index (κ2) is 27.4. The summed E-state index contributed by atoms with van der Waals surface area (Å²) < 4.78 is 9.87. The van der Waals surface area contributed by atoms with Crippen LogP contribution >= 0.6 is 0 Å². The monoisotopic (exact) mass is 1220 g/mol. The minimum Gasteiger partial charge on any atom is -0.478 e. The molecule has 7 N–H and O–H groups in total. The van der Waals surface area contributed by atoms with Crippen LogP contribution in [0.15, 0.2) is 201 Å². The van der Waals surface area contributed by atoms with E-state index in [-0.39, 0.29) is 11.9 Å². The van der Waals surface area contributed by atoms with Gasteiger partial charge in [-0.3, -0.25) is 19.5 Å². The molecule has 15 nitrogen and oxygen atoms in total. The van der Waals surface area contributed by atoms with Crippen LogP contribution in [0.3, 0.4) is 0 Å². The summed E-state index contributed by atoms with van der Waals surface area (Å²) in [6.45, 7) is 3.31. The van der Waals surface area contributed by atoms with Gasteiger partial charge in [0.1, 0.15) is 0 Å². The number of nitrogens with one attached hydrogen (secondary N) is 4. The Labute approximate surface area is 534 Å². The van der Waals surface area contributed by atoms with Gasteiger partial charge in [0.15, 0.2) is 0 Å². The van der Waals surface area contributed by atoms with E-state index in [0.717, 1.165) is 127 Å². The first-order valence-electron chi connectivity index (χ1n) is 31.4. The Morgan fingerprint density at radius 1 is 0.413 bits per heavy atom. The number of hydrogen-bond acceptors (Lipinski definition) is 9. The van der Waals surface area contributed by atoms with Crippen molar-refractivity contribution in [3.63, 3.8) is 0 Å². The molecule has 0 saturated carbocycles. The number of carbonyl (C=O) groups excluding carboxylic acids is 3. The van der Waals surface area contributed by atoms with Crippen LogP contribution in [0.25, 0.3) is 88.1 Å². The zero-order valence-electron chi connectivity index (χ0n) is 52.5. The average Bonchev–Trinajstić information content (AvgIpc) is 1.95. The molecule has 12 aromatic rings. The largest absolute Gasteiger partial charge is 0.478 e. The molecule has 8 aromatic carbocycles. The Morgan fingerprint density at radius 3 is 1.08 bits per heavy atom. The maximum Gasteiger partial charge on any atom is 0.340 e. The van der Waals surface area contributed by atoms with E-state index in [2.05, 4.69) is 111 Å². The van der Waals surface area contributed by atoms with Crippen LogP contribution in [0.2, 0.25) is 0 Å². The summed E-state index contributed by atoms with van der Waals surface area (Å²) >= 11 is 0. The molecule has 1 amide bonds. The highest BCUT2D eigenvalue weighted by Gasteiger charge is 2.30. The fourth-order valence-corrected chi connectivity index (χ4v) is 13.8. The summed E-state index contributed by atoms with van der Waals surface area (Å²) in [4.78, 5) is 68.0. The summed E-state index contributed by atoms with van der Waals surface area (Å²) in [6, 6.07) is 59.3. The van der Waals surface area contributed by atoms with Crippen LogP contribution in [-0.2, 0) is 9.47 Å². The van der Waals surface area contributed by atoms with Crippen molar-refractivity contribution in [1.82, 2.24) is 34.6 Å². The van der Waals surface area contributed by atoms with Gasteiger partial charge in [0.25, 0.3) is 5.91 Å². The third kappa shape index (κ3) is 12.8. The van der Waals surface area contributed by atoms with Crippen molar-refractivity contribution in [3.8, 4) is 44.5 Å². The number of carbonyl (C=O) groups is 4. The van der Waals surface area contributed by atoms with E-state index in [9.17, 15) is 24.3 Å². The van der Waals surface area contributed by atoms with Gasteiger partial charge in [-0.15, -0.1) is 0 Å². The molecule has 3 aliphatic rings. The minimum atomic E-state index is -0.897. The number of hydrogen-bond donors (Lipinski definition) is 6. The van der Waals surface area contributed by atoms with Gasteiger partial charge in [-0.2, -0.15) is 0 Å². The molecular weight excluding hydrogens is 1150 g/mol. The molecule has 0 aliphatic carbocycles. The first-order valence-corrected chi connectivity index (χ1v) is 31.4. The Kier molecular flexibility index (Phi) is 18.4. The summed E-state index contributed by atoms with van der Waals surface area (Å²) in [6.07, 6.45) is 14.9. The lowest BCUT2D eigenvalue weighted by atomic mass is 9.96. The van der Waals surface area contributed by atoms with Crippen molar-refractivity contribution in [3.05, 3.63) is 240 Å². The Morgan fingerprint density at radius 2 is 0.739 bits per heavy atom. The number of aromatic nitrogens is 4. The SMILES string of the molecule is CN1CCCC1c1c[nH]c2c(C(=O)O)cc(-c3ccccc3)cc12.CN1CCCC1c1c[nH]c2c(C(N)=O)cc(-c3ccccc3)cc12.COC(=O)c1cc(-c2ccccc2)cc2c(C3CCCN3C)c[nH]c12.COC(=O)c1cc(-c2ccccc2)cc2cc[nH]c12. The van der Waals surface area contributed by atoms with Gasteiger partial charge in [-0.05, 0) is 195 Å². The van der Waals surface area contributed by atoms with Crippen LogP contribution in [0.5, 0.6) is 0 Å². The van der Waals surface area contributed by atoms with Crippen molar-refractivity contribution < 1.29 is 33.8 Å². The summed E-state index contributed by atoms with van der Waals surface area (Å²) in [5.41, 5.74) is 23.0. The van der Waals surface area contributed by atoms with E-state index in [1.807, 2.05) is 140 Å². The highest BCUT2D eigenvalue weighted by atomic mass is 16.5. The lowest BCUT2D eigenvalue weighted by Crippen LogP contribution is -2.17. The van der Waals surface area contributed by atoms with Crippen molar-refractivity contribution in [2.24, 2.45) is 5.73 Å². The highest BCUT2D eigenvalue weighted by Crippen LogP contribution is 2.42. The number of benzene rings is 8. The van der Waals surface area contributed by atoms with Crippen molar-refractivity contribution in [1.29, 1.82) is 0 Å². The molecular formula is C77H76N8O7. The fourth-order valence-electron chi connectivity index (χ4n) is 13.8. The van der Waals surface area contributed by atoms with E-state index >= 15 is 0 Å². The van der Waals surface area contributed by atoms with E-state index in [1.54, 1.807) is 6.07 Å². The molecule has 15 heteroatoms. The van der Waals surface area contributed by atoms with E-state index < -0.39 is 11.9 Å². The second-order valence-electron chi connectivity index (χ2n) is 24.1. The number of esters is 2. The topological polar surface area (TPSA) is 206 Å². The maximum absolute atomic E-state index is 12.4. The van der Waals surface area contributed by atoms with Crippen molar-refractivity contribution >= 4 is 67.4 Å². The Bertz CT molecular complexity index is 4460. The highest BCUT2D eigenvalue weighted by molar-refractivity contribution is 6.09. The first-order chi connectivity index (χ1) is 44.8. The van der Waals surface area contributed by atoms with Gasteiger partial charge in [0.05, 0.1) is 58.5 Å². The quantitative estimate of drug-likeness (QED) is 0.0676. The second-order valence-corrected chi connectivity index (χ2v) is 24.1. The van der Waals surface area contributed by atoms with E-state index in [0.29, 0.717) is 40.4 Å². The van der Waals surface area contributed by atoms with Crippen LogP contribution in [0.4, 0.5) is 0 Å². The van der Waals surface area contributed by atoms with Gasteiger partial charge in [-0.1, -0.05) is 121 Å². The molecule has 4 aromatic heterocycles. The third-order valence-corrected chi connectivity index (χ3v) is 18.5. The minimum absolute atomic E-state index is 0.309. The van der Waals surface area contributed by atoms with Crippen LogP contribution < -0.4 is 5.73 Å². The number of carboxylic acids is 1. The Balaban J connectivity index is 0.000000119.